The van der Waals surface area contributed by atoms with E-state index in [1.807, 2.05) is 0 Å². The van der Waals surface area contributed by atoms with E-state index >= 15 is 0 Å². The van der Waals surface area contributed by atoms with Crippen molar-refractivity contribution in [1.82, 2.24) is 0 Å². The average Bonchev–Trinajstić information content (AvgIpc) is 3.05. The smallest absolute Gasteiger partial charge is 0.163 e. The molecule has 0 N–H and O–H groups in total. The number of hydrogen-bond donors (Lipinski definition) is 0. The quantitative estimate of drug-likeness (QED) is 0.785. The first-order valence-electron chi connectivity index (χ1n) is 5.64. The highest BCUT2D eigenvalue weighted by atomic mass is 79.9. The number of ether oxygens (including phenoxy) is 2. The second-order valence-corrected chi connectivity index (χ2v) is 5.49. The number of alkyl halides is 1. The van der Waals surface area contributed by atoms with Crippen LogP contribution >= 0.6 is 15.9 Å². The summed E-state index contributed by atoms with van der Waals surface area (Å²) in [5.74, 6) is 1.93. The van der Waals surface area contributed by atoms with Gasteiger partial charge in [-0.2, -0.15) is 0 Å². The summed E-state index contributed by atoms with van der Waals surface area (Å²) in [7, 11) is 3.06. The molecule has 17 heavy (non-hydrogen) atoms. The summed E-state index contributed by atoms with van der Waals surface area (Å²) >= 11 is 3.58. The van der Waals surface area contributed by atoms with Gasteiger partial charge in [0.05, 0.1) is 14.2 Å². The van der Waals surface area contributed by atoms with Gasteiger partial charge in [0.25, 0.3) is 0 Å². The van der Waals surface area contributed by atoms with Crippen LogP contribution in [0.4, 0.5) is 4.39 Å². The molecular formula is C13H16BrFO2. The van der Waals surface area contributed by atoms with Gasteiger partial charge in [-0.3, -0.25) is 0 Å². The molecular weight excluding hydrogens is 287 g/mol. The van der Waals surface area contributed by atoms with E-state index in [-0.39, 0.29) is 10.6 Å². The predicted octanol–water partition coefficient (Wildman–Crippen LogP) is 3.93. The van der Waals surface area contributed by atoms with E-state index in [0.717, 1.165) is 6.42 Å². The van der Waals surface area contributed by atoms with E-state index in [1.54, 1.807) is 13.2 Å². The molecule has 2 nitrogen and oxygen atoms in total. The Balaban J connectivity index is 2.33. The van der Waals surface area contributed by atoms with Crippen LogP contribution in [0.2, 0.25) is 0 Å². The molecule has 0 aromatic heterocycles. The van der Waals surface area contributed by atoms with Gasteiger partial charge in [-0.15, -0.1) is 0 Å². The molecule has 1 aliphatic carbocycles. The maximum absolute atomic E-state index is 14.0. The molecule has 2 rings (SSSR count). The lowest BCUT2D eigenvalue weighted by Crippen LogP contribution is -2.00. The molecule has 3 unspecified atom stereocenters. The van der Waals surface area contributed by atoms with Crippen molar-refractivity contribution in [1.29, 1.82) is 0 Å². The summed E-state index contributed by atoms with van der Waals surface area (Å²) < 4.78 is 24.2. The monoisotopic (exact) mass is 302 g/mol. The van der Waals surface area contributed by atoms with Gasteiger partial charge < -0.3 is 9.47 Å². The van der Waals surface area contributed by atoms with Crippen molar-refractivity contribution in [2.75, 3.05) is 14.2 Å². The van der Waals surface area contributed by atoms with Crippen LogP contribution < -0.4 is 9.47 Å². The zero-order chi connectivity index (χ0) is 12.6. The largest absolute Gasteiger partial charge is 0.493 e. The van der Waals surface area contributed by atoms with Crippen LogP contribution in [0.15, 0.2) is 12.1 Å². The van der Waals surface area contributed by atoms with Crippen LogP contribution in [-0.2, 0) is 0 Å². The van der Waals surface area contributed by atoms with Crippen molar-refractivity contribution in [3.8, 4) is 11.5 Å². The van der Waals surface area contributed by atoms with Gasteiger partial charge in [-0.1, -0.05) is 22.9 Å². The van der Waals surface area contributed by atoms with E-state index in [2.05, 4.69) is 22.9 Å². The minimum absolute atomic E-state index is 0.0531. The molecule has 0 spiro atoms. The first kappa shape index (κ1) is 12.7. The maximum atomic E-state index is 14.0. The number of methoxy groups -OCH3 is 2. The first-order chi connectivity index (χ1) is 8.08. The van der Waals surface area contributed by atoms with E-state index in [0.29, 0.717) is 28.9 Å². The molecule has 1 aromatic carbocycles. The van der Waals surface area contributed by atoms with E-state index in [1.165, 1.54) is 13.2 Å². The van der Waals surface area contributed by atoms with Gasteiger partial charge in [0, 0.05) is 16.5 Å². The number of rotatable bonds is 4. The fourth-order valence-corrected chi connectivity index (χ4v) is 3.16. The van der Waals surface area contributed by atoms with Gasteiger partial charge in [0.2, 0.25) is 0 Å². The normalized spacial score (nSPS) is 24.3. The highest BCUT2D eigenvalue weighted by Gasteiger charge is 2.40. The molecule has 0 bridgehead atoms. The Morgan fingerprint density at radius 2 is 1.82 bits per heavy atom. The van der Waals surface area contributed by atoms with E-state index < -0.39 is 0 Å². The Hall–Kier alpha value is -0.770. The number of benzene rings is 1. The summed E-state index contributed by atoms with van der Waals surface area (Å²) in [6.45, 7) is 2.18. The second-order valence-electron chi connectivity index (χ2n) is 4.51. The molecule has 0 radical (unpaired) electrons. The molecule has 4 heteroatoms. The van der Waals surface area contributed by atoms with Crippen LogP contribution in [0, 0.1) is 17.7 Å². The third-order valence-electron chi connectivity index (χ3n) is 3.35. The lowest BCUT2D eigenvalue weighted by molar-refractivity contribution is 0.351. The summed E-state index contributed by atoms with van der Waals surface area (Å²) in [5.41, 5.74) is 0.650. The second kappa shape index (κ2) is 4.84. The molecule has 1 aliphatic rings. The van der Waals surface area contributed by atoms with Gasteiger partial charge in [-0.25, -0.2) is 4.39 Å². The van der Waals surface area contributed by atoms with Crippen LogP contribution in [-0.4, -0.2) is 14.2 Å². The highest BCUT2D eigenvalue weighted by molar-refractivity contribution is 9.09. The standard InChI is InChI=1S/C13H16BrFO2/c1-7-4-8(7)13(14)9-5-11(16-2)12(17-3)6-10(9)15/h5-8,13H,4H2,1-3H3. The molecule has 1 saturated carbocycles. The maximum Gasteiger partial charge on any atom is 0.163 e. The van der Waals surface area contributed by atoms with Crippen LogP contribution in [0.3, 0.4) is 0 Å². The molecule has 1 aromatic rings. The molecule has 0 heterocycles. The van der Waals surface area contributed by atoms with Crippen LogP contribution in [0.1, 0.15) is 23.7 Å². The van der Waals surface area contributed by atoms with Crippen molar-refractivity contribution in [3.05, 3.63) is 23.5 Å². The summed E-state index contributed by atoms with van der Waals surface area (Å²) in [4.78, 5) is 0.0531. The van der Waals surface area contributed by atoms with Gasteiger partial charge in [0.15, 0.2) is 11.5 Å². The molecule has 0 saturated heterocycles. The molecule has 0 aliphatic heterocycles. The summed E-state index contributed by atoms with van der Waals surface area (Å²) in [6.07, 6.45) is 1.14. The first-order valence-corrected chi connectivity index (χ1v) is 6.55. The number of halogens is 2. The molecule has 94 valence electrons. The van der Waals surface area contributed by atoms with E-state index in [9.17, 15) is 4.39 Å². The lowest BCUT2D eigenvalue weighted by Gasteiger charge is -2.14. The third-order valence-corrected chi connectivity index (χ3v) is 4.52. The minimum Gasteiger partial charge on any atom is -0.493 e. The zero-order valence-corrected chi connectivity index (χ0v) is 11.8. The predicted molar refractivity (Wildman–Crippen MR) is 68.4 cm³/mol. The minimum atomic E-state index is -0.247. The highest BCUT2D eigenvalue weighted by Crippen LogP contribution is 2.52. The van der Waals surface area contributed by atoms with Crippen molar-refractivity contribution in [2.45, 2.75) is 18.2 Å². The van der Waals surface area contributed by atoms with Gasteiger partial charge in [-0.05, 0) is 24.3 Å². The Kier molecular flexibility index (Phi) is 3.61. The average molecular weight is 303 g/mol. The SMILES string of the molecule is COc1cc(F)c(C(Br)C2CC2C)cc1OC. The summed E-state index contributed by atoms with van der Waals surface area (Å²) in [5, 5.41) is 0. The Morgan fingerprint density at radius 1 is 1.29 bits per heavy atom. The molecule has 3 atom stereocenters. The van der Waals surface area contributed by atoms with Crippen LogP contribution in [0.25, 0.3) is 0 Å². The van der Waals surface area contributed by atoms with Gasteiger partial charge >= 0.3 is 0 Å². The Morgan fingerprint density at radius 3 is 2.29 bits per heavy atom. The summed E-state index contributed by atoms with van der Waals surface area (Å²) in [6, 6.07) is 3.11. The third kappa shape index (κ3) is 2.41. The Bertz CT molecular complexity index is 422. The van der Waals surface area contributed by atoms with Crippen molar-refractivity contribution in [3.63, 3.8) is 0 Å². The van der Waals surface area contributed by atoms with Crippen molar-refractivity contribution >= 4 is 15.9 Å². The molecule has 1 fully saturated rings. The fourth-order valence-electron chi connectivity index (χ4n) is 2.07. The Labute approximate surface area is 109 Å². The van der Waals surface area contributed by atoms with Gasteiger partial charge in [0.1, 0.15) is 5.82 Å². The lowest BCUT2D eigenvalue weighted by atomic mass is 10.1. The number of hydrogen-bond acceptors (Lipinski definition) is 2. The fraction of sp³-hybridized carbons (Fsp3) is 0.538. The van der Waals surface area contributed by atoms with E-state index in [4.69, 9.17) is 9.47 Å². The molecule has 0 amide bonds. The van der Waals surface area contributed by atoms with Crippen LogP contribution in [0.5, 0.6) is 11.5 Å². The zero-order valence-electron chi connectivity index (χ0n) is 10.2. The van der Waals surface area contributed by atoms with Crippen molar-refractivity contribution < 1.29 is 13.9 Å². The topological polar surface area (TPSA) is 18.5 Å². The van der Waals surface area contributed by atoms with Crippen molar-refractivity contribution in [2.24, 2.45) is 11.8 Å².